The van der Waals surface area contributed by atoms with Crippen LogP contribution < -0.4 is 0 Å². The molecule has 0 radical (unpaired) electrons. The van der Waals surface area contributed by atoms with E-state index in [-0.39, 0.29) is 4.99 Å². The van der Waals surface area contributed by atoms with Gasteiger partial charge in [-0.15, -0.1) is 10.9 Å². The summed E-state index contributed by atoms with van der Waals surface area (Å²) in [6.07, 6.45) is -3.94. The van der Waals surface area contributed by atoms with Crippen LogP contribution >= 0.6 is 10.9 Å². The summed E-state index contributed by atoms with van der Waals surface area (Å²) in [4.78, 5) is 27.5. The first-order chi connectivity index (χ1) is 9.39. The first-order valence-electron chi connectivity index (χ1n) is 5.40. The van der Waals surface area contributed by atoms with Crippen LogP contribution in [0.2, 0.25) is 0 Å². The second kappa shape index (κ2) is 4.14. The molecule has 1 aromatic rings. The van der Waals surface area contributed by atoms with Gasteiger partial charge >= 0.3 is 6.18 Å². The molecule has 1 amide bonds. The summed E-state index contributed by atoms with van der Waals surface area (Å²) >= 11 is 0. The number of rotatable bonds is 1. The van der Waals surface area contributed by atoms with Crippen LogP contribution in [0.4, 0.5) is 18.9 Å². The largest absolute Gasteiger partial charge is 0.455 e. The first-order valence-corrected chi connectivity index (χ1v) is 6.21. The van der Waals surface area contributed by atoms with Crippen LogP contribution in [-0.4, -0.2) is 39.0 Å². The van der Waals surface area contributed by atoms with E-state index in [0.717, 1.165) is 11.2 Å². The van der Waals surface area contributed by atoms with Crippen LogP contribution in [-0.2, 0) is 9.59 Å². The molecular weight excluding hydrogens is 293 g/mol. The Morgan fingerprint density at radius 3 is 2.65 bits per heavy atom. The molecule has 0 unspecified atom stereocenters. The smallest absolute Gasteiger partial charge is 0.283 e. The number of aliphatic imine (C=N–C) groups is 1. The van der Waals surface area contributed by atoms with Gasteiger partial charge in [-0.25, -0.2) is 4.99 Å². The van der Waals surface area contributed by atoms with Gasteiger partial charge < -0.3 is 0 Å². The molecular formula is C12H5F3N2O2S. The van der Waals surface area contributed by atoms with E-state index >= 15 is 0 Å². The molecule has 102 valence electrons. The zero-order valence-electron chi connectivity index (χ0n) is 9.64. The molecule has 2 aliphatic rings. The summed E-state index contributed by atoms with van der Waals surface area (Å²) < 4.78 is 37.4. The molecule has 0 fully saturated rings. The predicted molar refractivity (Wildman–Crippen MR) is 69.2 cm³/mol. The maximum Gasteiger partial charge on any atom is 0.455 e. The summed E-state index contributed by atoms with van der Waals surface area (Å²) in [6, 6.07) is 6.71. The summed E-state index contributed by atoms with van der Waals surface area (Å²) in [6.45, 7) is 0. The van der Waals surface area contributed by atoms with E-state index in [1.165, 1.54) is 0 Å². The number of carbonyl (C=O) groups is 2. The molecule has 0 spiro atoms. The van der Waals surface area contributed by atoms with E-state index in [2.05, 4.69) is 4.99 Å². The average molecular weight is 298 g/mol. The molecule has 8 heteroatoms. The summed E-state index contributed by atoms with van der Waals surface area (Å²) in [7, 11) is 0.529. The number of para-hydroxylation sites is 1. The molecule has 3 rings (SSSR count). The number of Topliss-reactive ketones (excluding diaryl/α,β-unsaturated/α-hetero) is 1. The maximum atomic E-state index is 12.5. The van der Waals surface area contributed by atoms with E-state index in [1.807, 2.05) is 0 Å². The highest BCUT2D eigenvalue weighted by atomic mass is 32.1. The number of benzene rings is 1. The Kier molecular flexibility index (Phi) is 2.65. The molecule has 1 aromatic carbocycles. The number of halogens is 3. The van der Waals surface area contributed by atoms with Crippen LogP contribution in [0.1, 0.15) is 5.56 Å². The van der Waals surface area contributed by atoms with Crippen molar-refractivity contribution in [1.82, 2.24) is 4.90 Å². The molecule has 20 heavy (non-hydrogen) atoms. The standard InChI is InChI=1S/C12H5F3N2O2S/c13-12(14,15)9(18)8-10(19)17-5-16-7-4-2-1-3-6(7)11(17)20-8/h1-5H. The number of hydrogen-bond acceptors (Lipinski definition) is 3. The molecule has 4 nitrogen and oxygen atoms in total. The second-order valence-electron chi connectivity index (χ2n) is 4.00. The molecule has 0 aromatic heterocycles. The van der Waals surface area contributed by atoms with Crippen molar-refractivity contribution in [3.63, 3.8) is 0 Å². The lowest BCUT2D eigenvalue weighted by Crippen LogP contribution is -2.42. The fraction of sp³-hybridized carbons (Fsp3) is 0.0833. The van der Waals surface area contributed by atoms with Crippen molar-refractivity contribution in [1.29, 1.82) is 0 Å². The van der Waals surface area contributed by atoms with Gasteiger partial charge in [0, 0.05) is 5.56 Å². The van der Waals surface area contributed by atoms with Crippen molar-refractivity contribution in [3.8, 4) is 0 Å². The minimum atomic E-state index is -5.07. The lowest BCUT2D eigenvalue weighted by molar-refractivity contribution is -0.163. The van der Waals surface area contributed by atoms with Gasteiger partial charge in [-0.05, 0) is 12.1 Å². The third-order valence-electron chi connectivity index (χ3n) is 2.74. The summed E-state index contributed by atoms with van der Waals surface area (Å²) in [5.74, 6) is -3.12. The highest BCUT2D eigenvalue weighted by molar-refractivity contribution is 8.02. The predicted octanol–water partition coefficient (Wildman–Crippen LogP) is 1.72. The number of hydrogen-bond donors (Lipinski definition) is 0. The Morgan fingerprint density at radius 2 is 1.95 bits per heavy atom. The minimum absolute atomic E-state index is 0.271. The normalized spacial score (nSPS) is 16.9. The minimum Gasteiger partial charge on any atom is -0.283 e. The number of carbonyl (C=O) groups excluding carboxylic acids is 2. The first kappa shape index (κ1) is 12.8. The van der Waals surface area contributed by atoms with Crippen molar-refractivity contribution in [2.24, 2.45) is 4.99 Å². The Morgan fingerprint density at radius 1 is 1.25 bits per heavy atom. The lowest BCUT2D eigenvalue weighted by atomic mass is 10.1. The van der Waals surface area contributed by atoms with Crippen molar-refractivity contribution in [3.05, 3.63) is 29.8 Å². The van der Waals surface area contributed by atoms with Crippen LogP contribution in [0.3, 0.4) is 0 Å². The molecule has 0 saturated carbocycles. The zero-order valence-corrected chi connectivity index (χ0v) is 10.5. The highest BCUT2D eigenvalue weighted by Crippen LogP contribution is 2.29. The SMILES string of the molecule is O=C1C(C(=O)C(F)(F)F)=S=C2c3ccccc3N=CN12. The van der Waals surface area contributed by atoms with E-state index in [0.29, 0.717) is 22.2 Å². The molecule has 0 bridgehead atoms. The topological polar surface area (TPSA) is 49.7 Å². The van der Waals surface area contributed by atoms with Gasteiger partial charge in [0.1, 0.15) is 16.2 Å². The number of alkyl halides is 3. The Labute approximate surface area is 114 Å². The van der Waals surface area contributed by atoms with Crippen molar-refractivity contribution >= 4 is 44.5 Å². The van der Waals surface area contributed by atoms with Crippen molar-refractivity contribution < 1.29 is 22.8 Å². The van der Waals surface area contributed by atoms with Gasteiger partial charge in [0.2, 0.25) is 0 Å². The van der Waals surface area contributed by atoms with Gasteiger partial charge in [0.05, 0.1) is 5.69 Å². The molecule has 0 N–H and O–H groups in total. The van der Waals surface area contributed by atoms with Crippen LogP contribution in [0.25, 0.3) is 0 Å². The van der Waals surface area contributed by atoms with Gasteiger partial charge in [-0.3, -0.25) is 14.5 Å². The molecule has 0 saturated heterocycles. The fourth-order valence-corrected chi connectivity index (χ4v) is 2.94. The maximum absolute atomic E-state index is 12.5. The summed E-state index contributed by atoms with van der Waals surface area (Å²) in [5.41, 5.74) is 1.07. The van der Waals surface area contributed by atoms with E-state index in [4.69, 9.17) is 0 Å². The number of ketones is 1. The number of fused-ring (bicyclic) bond motifs is 3. The summed E-state index contributed by atoms with van der Waals surface area (Å²) in [5, 5.41) is 0. The molecule has 2 aliphatic heterocycles. The van der Waals surface area contributed by atoms with Crippen LogP contribution in [0.5, 0.6) is 0 Å². The van der Waals surface area contributed by atoms with E-state index < -0.39 is 22.7 Å². The Hall–Kier alpha value is -2.22. The lowest BCUT2D eigenvalue weighted by Gasteiger charge is -2.20. The van der Waals surface area contributed by atoms with Crippen LogP contribution in [0, 0.1) is 0 Å². The monoisotopic (exact) mass is 298 g/mol. The van der Waals surface area contributed by atoms with Gasteiger partial charge in [0.25, 0.3) is 11.7 Å². The Balaban J connectivity index is 2.17. The number of nitrogens with zero attached hydrogens (tertiary/aromatic N) is 2. The second-order valence-corrected chi connectivity index (χ2v) is 5.00. The number of amides is 1. The fourth-order valence-electron chi connectivity index (χ4n) is 1.84. The zero-order chi connectivity index (χ0) is 14.5. The van der Waals surface area contributed by atoms with E-state index in [1.54, 1.807) is 24.3 Å². The van der Waals surface area contributed by atoms with E-state index in [9.17, 15) is 22.8 Å². The highest BCUT2D eigenvalue weighted by Gasteiger charge is 2.47. The van der Waals surface area contributed by atoms with Crippen molar-refractivity contribution in [2.45, 2.75) is 6.18 Å². The van der Waals surface area contributed by atoms with Crippen molar-refractivity contribution in [2.75, 3.05) is 0 Å². The van der Waals surface area contributed by atoms with Gasteiger partial charge in [0.15, 0.2) is 0 Å². The Bertz CT molecular complexity index is 745. The third kappa shape index (κ3) is 1.80. The average Bonchev–Trinajstić information content (AvgIpc) is 2.74. The quantitative estimate of drug-likeness (QED) is 0.741. The van der Waals surface area contributed by atoms with Gasteiger partial charge in [-0.1, -0.05) is 12.1 Å². The van der Waals surface area contributed by atoms with Crippen LogP contribution in [0.15, 0.2) is 29.3 Å². The molecule has 0 aliphatic carbocycles. The third-order valence-corrected chi connectivity index (χ3v) is 3.92. The van der Waals surface area contributed by atoms with Gasteiger partial charge in [-0.2, -0.15) is 13.2 Å². The molecule has 2 heterocycles. The molecule has 0 atom stereocenters.